The molecule has 30 heavy (non-hydrogen) atoms. The fourth-order valence-electron chi connectivity index (χ4n) is 3.19. The van der Waals surface area contributed by atoms with Crippen LogP contribution in [0, 0.1) is 5.82 Å². The van der Waals surface area contributed by atoms with E-state index in [0.29, 0.717) is 28.1 Å². The summed E-state index contributed by atoms with van der Waals surface area (Å²) in [5, 5.41) is 16.4. The van der Waals surface area contributed by atoms with Crippen LogP contribution in [0.1, 0.15) is 30.7 Å². The minimum atomic E-state index is -0.404. The molecule has 4 rings (SSSR count). The first-order valence-electron chi connectivity index (χ1n) is 9.31. The zero-order chi connectivity index (χ0) is 21.3. The minimum absolute atomic E-state index is 0.115. The van der Waals surface area contributed by atoms with Gasteiger partial charge in [-0.2, -0.15) is 9.36 Å². The Balaban J connectivity index is 1.63. The van der Waals surface area contributed by atoms with Gasteiger partial charge in [-0.15, -0.1) is 0 Å². The molecular formula is C20H19FN6O3. The molecule has 2 aromatic heterocycles. The van der Waals surface area contributed by atoms with E-state index in [9.17, 15) is 9.18 Å². The van der Waals surface area contributed by atoms with Crippen molar-refractivity contribution >= 4 is 16.7 Å². The summed E-state index contributed by atoms with van der Waals surface area (Å²) in [5.41, 5.74) is 3.30. The van der Waals surface area contributed by atoms with Crippen LogP contribution in [0.4, 0.5) is 4.39 Å². The van der Waals surface area contributed by atoms with Gasteiger partial charge in [0.25, 0.3) is 0 Å². The van der Waals surface area contributed by atoms with Gasteiger partial charge in [-0.05, 0) is 47.5 Å². The Bertz CT molecular complexity index is 1300. The van der Waals surface area contributed by atoms with Crippen molar-refractivity contribution in [3.63, 3.8) is 0 Å². The van der Waals surface area contributed by atoms with E-state index in [1.54, 1.807) is 19.1 Å². The number of aryl methyl sites for hydroxylation is 2. The average Bonchev–Trinajstić information content (AvgIpc) is 3.31. The van der Waals surface area contributed by atoms with Crippen molar-refractivity contribution in [3.8, 4) is 5.69 Å². The monoisotopic (exact) mass is 410 g/mol. The lowest BCUT2D eigenvalue weighted by atomic mass is 10.0. The summed E-state index contributed by atoms with van der Waals surface area (Å²) in [6.45, 7) is 3.85. The van der Waals surface area contributed by atoms with Gasteiger partial charge in [-0.3, -0.25) is 0 Å². The normalized spacial score (nSPS) is 11.9. The van der Waals surface area contributed by atoms with E-state index >= 15 is 0 Å². The summed E-state index contributed by atoms with van der Waals surface area (Å²) < 4.78 is 20.9. The molecule has 0 bridgehead atoms. The molecule has 2 heterocycles. The first-order valence-corrected chi connectivity index (χ1v) is 9.31. The van der Waals surface area contributed by atoms with Crippen molar-refractivity contribution in [3.05, 3.63) is 69.5 Å². The number of fused-ring (bicyclic) bond motifs is 1. The summed E-state index contributed by atoms with van der Waals surface area (Å²) in [5.74, 6) is -0.404. The number of hydrogen-bond donors (Lipinski definition) is 0. The van der Waals surface area contributed by atoms with Gasteiger partial charge in [0, 0.05) is 18.7 Å². The third kappa shape index (κ3) is 3.47. The van der Waals surface area contributed by atoms with E-state index in [2.05, 4.69) is 20.7 Å². The number of tetrazole rings is 1. The van der Waals surface area contributed by atoms with Gasteiger partial charge in [-0.25, -0.2) is 9.18 Å². The Morgan fingerprint density at radius 1 is 1.27 bits per heavy atom. The van der Waals surface area contributed by atoms with Crippen molar-refractivity contribution in [2.45, 2.75) is 26.9 Å². The molecule has 0 saturated carbocycles. The average molecular weight is 410 g/mol. The first kappa shape index (κ1) is 19.5. The molecule has 0 atom stereocenters. The second kappa shape index (κ2) is 7.90. The highest BCUT2D eigenvalue weighted by atomic mass is 19.1. The fourth-order valence-corrected chi connectivity index (χ4v) is 3.19. The van der Waals surface area contributed by atoms with Crippen LogP contribution in [0.2, 0.25) is 0 Å². The van der Waals surface area contributed by atoms with Crippen LogP contribution in [0.3, 0.4) is 0 Å². The Kier molecular flexibility index (Phi) is 5.13. The Morgan fingerprint density at radius 3 is 2.83 bits per heavy atom. The molecule has 4 aromatic rings. The van der Waals surface area contributed by atoms with Crippen molar-refractivity contribution in [1.82, 2.24) is 24.9 Å². The summed E-state index contributed by atoms with van der Waals surface area (Å²) in [4.78, 5) is 17.9. The largest absolute Gasteiger partial charge is 0.391 e. The maximum Gasteiger partial charge on any atom is 0.368 e. The lowest BCUT2D eigenvalue weighted by Crippen LogP contribution is -2.23. The quantitative estimate of drug-likeness (QED) is 0.358. The number of rotatable bonds is 6. The van der Waals surface area contributed by atoms with Crippen LogP contribution >= 0.6 is 0 Å². The summed E-state index contributed by atoms with van der Waals surface area (Å²) in [6, 6.07) is 9.78. The molecule has 154 valence electrons. The Labute approximate surface area is 170 Å². The van der Waals surface area contributed by atoms with Crippen LogP contribution < -0.4 is 5.69 Å². The van der Waals surface area contributed by atoms with Gasteiger partial charge in [0.2, 0.25) is 0 Å². The molecule has 9 nitrogen and oxygen atoms in total. The number of hydrogen-bond acceptors (Lipinski definition) is 7. The fraction of sp³-hybridized carbons (Fsp3) is 0.250. The number of benzene rings is 2. The lowest BCUT2D eigenvalue weighted by molar-refractivity contribution is 0.129. The molecule has 0 N–H and O–H groups in total. The van der Waals surface area contributed by atoms with Crippen molar-refractivity contribution in [2.24, 2.45) is 12.2 Å². The van der Waals surface area contributed by atoms with E-state index in [-0.39, 0.29) is 12.3 Å². The van der Waals surface area contributed by atoms with Crippen molar-refractivity contribution in [1.29, 1.82) is 0 Å². The Morgan fingerprint density at radius 2 is 2.10 bits per heavy atom. The number of aromatic nitrogens is 5. The number of halogens is 1. The van der Waals surface area contributed by atoms with Gasteiger partial charge in [0.05, 0.1) is 11.1 Å². The predicted octanol–water partition coefficient (Wildman–Crippen LogP) is 2.75. The topological polar surface area (TPSA) is 100 Å². The molecule has 2 aromatic carbocycles. The molecule has 0 spiro atoms. The van der Waals surface area contributed by atoms with Gasteiger partial charge < -0.3 is 9.36 Å². The molecule has 0 unspecified atom stereocenters. The third-order valence-corrected chi connectivity index (χ3v) is 4.77. The molecular weight excluding hydrogens is 391 g/mol. The molecule has 10 heteroatoms. The highest BCUT2D eigenvalue weighted by Gasteiger charge is 2.15. The maximum atomic E-state index is 13.3. The highest BCUT2D eigenvalue weighted by Crippen LogP contribution is 2.22. The molecule has 0 aliphatic carbocycles. The second-order valence-electron chi connectivity index (χ2n) is 6.69. The predicted molar refractivity (Wildman–Crippen MR) is 107 cm³/mol. The van der Waals surface area contributed by atoms with Crippen LogP contribution in [-0.4, -0.2) is 30.7 Å². The summed E-state index contributed by atoms with van der Waals surface area (Å²) in [6.07, 6.45) is 0.740. The molecule has 0 aliphatic heterocycles. The number of nitrogens with zero attached hydrogens (tertiary/aromatic N) is 6. The summed E-state index contributed by atoms with van der Waals surface area (Å²) >= 11 is 0. The van der Waals surface area contributed by atoms with Crippen LogP contribution in [0.15, 0.2) is 50.9 Å². The smallest absolute Gasteiger partial charge is 0.368 e. The third-order valence-electron chi connectivity index (χ3n) is 4.77. The number of oxime groups is 1. The highest BCUT2D eigenvalue weighted by molar-refractivity contribution is 6.06. The van der Waals surface area contributed by atoms with Crippen LogP contribution in [0.5, 0.6) is 0 Å². The first-order chi connectivity index (χ1) is 14.5. The molecule has 0 fully saturated rings. The van der Waals surface area contributed by atoms with Gasteiger partial charge in [-0.1, -0.05) is 29.4 Å². The molecule has 0 radical (unpaired) electrons. The maximum absolute atomic E-state index is 13.3. The SMILES string of the molecule is CCc1cccc(-n2nnn(C)c2=O)c1CON=C(C)c1noc2cc(F)ccc12. The zero-order valence-corrected chi connectivity index (χ0v) is 16.7. The van der Waals surface area contributed by atoms with E-state index in [4.69, 9.17) is 9.36 Å². The van der Waals surface area contributed by atoms with Gasteiger partial charge >= 0.3 is 5.69 Å². The van der Waals surface area contributed by atoms with E-state index in [0.717, 1.165) is 22.2 Å². The van der Waals surface area contributed by atoms with E-state index < -0.39 is 5.82 Å². The Hall–Kier alpha value is -3.82. The van der Waals surface area contributed by atoms with Crippen LogP contribution in [-0.2, 0) is 24.9 Å². The van der Waals surface area contributed by atoms with Gasteiger partial charge in [0.15, 0.2) is 5.58 Å². The summed E-state index contributed by atoms with van der Waals surface area (Å²) in [7, 11) is 1.54. The van der Waals surface area contributed by atoms with Crippen LogP contribution in [0.25, 0.3) is 16.7 Å². The van der Waals surface area contributed by atoms with E-state index in [1.165, 1.54) is 23.9 Å². The van der Waals surface area contributed by atoms with E-state index in [1.807, 2.05) is 19.1 Å². The van der Waals surface area contributed by atoms with Crippen molar-refractivity contribution < 1.29 is 13.8 Å². The molecule has 0 aliphatic rings. The molecule has 0 amide bonds. The standard InChI is InChI=1S/C20H19FN6O3/c1-4-13-6-5-7-17(27-20(28)26(3)24-25-27)16(13)11-29-22-12(2)19-15-9-8-14(21)10-18(15)30-23-19/h5-10H,4,11H2,1-3H3. The lowest BCUT2D eigenvalue weighted by Gasteiger charge is -2.12. The van der Waals surface area contributed by atoms with Crippen molar-refractivity contribution in [2.75, 3.05) is 0 Å². The second-order valence-corrected chi connectivity index (χ2v) is 6.69. The zero-order valence-electron chi connectivity index (χ0n) is 16.7. The van der Waals surface area contributed by atoms with Gasteiger partial charge in [0.1, 0.15) is 23.8 Å². The minimum Gasteiger partial charge on any atom is -0.391 e. The molecule has 0 saturated heterocycles.